The molecule has 0 aliphatic heterocycles. The number of hydrogen-bond donors (Lipinski definition) is 0. The van der Waals surface area contributed by atoms with Gasteiger partial charge in [0.05, 0.1) is 5.25 Å². The molecule has 2 aromatic rings. The number of sulfone groups is 1. The van der Waals surface area contributed by atoms with Gasteiger partial charge in [-0.3, -0.25) is 0 Å². The van der Waals surface area contributed by atoms with Crippen LogP contribution in [0.5, 0.6) is 0 Å². The fourth-order valence-electron chi connectivity index (χ4n) is 1.89. The molecule has 0 saturated carbocycles. The van der Waals surface area contributed by atoms with Crippen molar-refractivity contribution < 1.29 is 8.42 Å². The quantitative estimate of drug-likeness (QED) is 0.799. The summed E-state index contributed by atoms with van der Waals surface area (Å²) < 4.78 is 25.3. The lowest BCUT2D eigenvalue weighted by atomic mass is 9.88. The summed E-state index contributed by atoms with van der Waals surface area (Å²) in [5.41, 5.74) is 0.169. The number of aryl methyl sites for hydroxylation is 1. The lowest BCUT2D eigenvalue weighted by Gasteiger charge is -2.29. The third kappa shape index (κ3) is 2.92. The highest BCUT2D eigenvalue weighted by atomic mass is 32.2. The highest BCUT2D eigenvalue weighted by Gasteiger charge is 2.41. The van der Waals surface area contributed by atoms with Crippen molar-refractivity contribution in [3.05, 3.63) is 42.2 Å². The molecule has 1 atom stereocenters. The number of rotatable bonds is 4. The Bertz CT molecular complexity index is 712. The van der Waals surface area contributed by atoms with Crippen LogP contribution in [-0.2, 0) is 15.3 Å². The summed E-state index contributed by atoms with van der Waals surface area (Å²) in [5.74, 6) is 0.486. The summed E-state index contributed by atoms with van der Waals surface area (Å²) in [6, 6.07) is 1.58. The van der Waals surface area contributed by atoms with E-state index in [-0.39, 0.29) is 5.16 Å². The molecule has 0 spiro atoms. The molecule has 0 saturated heterocycles. The van der Waals surface area contributed by atoms with Gasteiger partial charge in [-0.2, -0.15) is 0 Å². The van der Waals surface area contributed by atoms with E-state index in [1.165, 1.54) is 12.4 Å². The minimum absolute atomic E-state index is 0.169. The number of aromatic nitrogens is 4. The fraction of sp³-hybridized carbons (Fsp3) is 0.429. The molecule has 0 aromatic carbocycles. The van der Waals surface area contributed by atoms with Gasteiger partial charge in [-0.15, -0.1) is 0 Å². The molecule has 0 radical (unpaired) electrons. The largest absolute Gasteiger partial charge is 0.247 e. The first-order chi connectivity index (χ1) is 9.76. The van der Waals surface area contributed by atoms with Gasteiger partial charge in [0.1, 0.15) is 5.82 Å². The zero-order valence-corrected chi connectivity index (χ0v) is 13.3. The van der Waals surface area contributed by atoms with Crippen molar-refractivity contribution in [2.75, 3.05) is 0 Å². The zero-order valence-electron chi connectivity index (χ0n) is 12.5. The molecule has 7 heteroatoms. The van der Waals surface area contributed by atoms with Crippen molar-refractivity contribution in [3.63, 3.8) is 0 Å². The minimum Gasteiger partial charge on any atom is -0.240 e. The van der Waals surface area contributed by atoms with Gasteiger partial charge in [-0.05, 0) is 25.5 Å². The van der Waals surface area contributed by atoms with Crippen LogP contribution >= 0.6 is 0 Å². The van der Waals surface area contributed by atoms with E-state index >= 15 is 0 Å². The molecule has 2 heterocycles. The molecule has 2 aromatic heterocycles. The fourth-order valence-corrected chi connectivity index (χ4v) is 3.50. The molecule has 0 aliphatic carbocycles. The van der Waals surface area contributed by atoms with Crippen molar-refractivity contribution in [2.45, 2.75) is 43.5 Å². The molecule has 2 rings (SSSR count). The Morgan fingerprint density at radius 3 is 2.10 bits per heavy atom. The highest BCUT2D eigenvalue weighted by Crippen LogP contribution is 2.30. The van der Waals surface area contributed by atoms with Gasteiger partial charge in [-0.1, -0.05) is 13.8 Å². The number of nitrogens with zero attached hydrogens (tertiary/aromatic N) is 4. The first-order valence-electron chi connectivity index (χ1n) is 6.56. The van der Waals surface area contributed by atoms with Crippen LogP contribution in [0.3, 0.4) is 0 Å². The molecule has 0 fully saturated rings. The van der Waals surface area contributed by atoms with Crippen molar-refractivity contribution in [1.29, 1.82) is 0 Å². The van der Waals surface area contributed by atoms with E-state index in [0.717, 1.165) is 5.56 Å². The topological polar surface area (TPSA) is 85.7 Å². The summed E-state index contributed by atoms with van der Waals surface area (Å²) in [6.45, 7) is 7.13. The summed E-state index contributed by atoms with van der Waals surface area (Å²) in [7, 11) is -3.66. The lowest BCUT2D eigenvalue weighted by molar-refractivity contribution is 0.454. The van der Waals surface area contributed by atoms with Crippen molar-refractivity contribution in [2.24, 2.45) is 0 Å². The maximum atomic E-state index is 12.6. The van der Waals surface area contributed by atoms with E-state index in [9.17, 15) is 8.42 Å². The third-order valence-corrected chi connectivity index (χ3v) is 5.88. The van der Waals surface area contributed by atoms with E-state index in [1.54, 1.807) is 25.4 Å². The van der Waals surface area contributed by atoms with Crippen LogP contribution in [0.15, 0.2) is 36.0 Å². The average molecular weight is 306 g/mol. The lowest BCUT2D eigenvalue weighted by Crippen LogP contribution is -2.39. The molecule has 6 nitrogen and oxygen atoms in total. The first kappa shape index (κ1) is 15.5. The zero-order chi connectivity index (χ0) is 15.7. The predicted molar refractivity (Wildman–Crippen MR) is 78.5 cm³/mol. The van der Waals surface area contributed by atoms with Gasteiger partial charge in [0, 0.05) is 30.2 Å². The Labute approximate surface area is 124 Å². The summed E-state index contributed by atoms with van der Waals surface area (Å²) in [4.78, 5) is 16.2. The summed E-state index contributed by atoms with van der Waals surface area (Å²) in [6.07, 6.45) is 6.20. The molecular formula is C14H18N4O2S. The smallest absolute Gasteiger partial charge is 0.240 e. The molecule has 0 N–H and O–H groups in total. The van der Waals surface area contributed by atoms with Gasteiger partial charge >= 0.3 is 0 Å². The minimum atomic E-state index is -3.66. The van der Waals surface area contributed by atoms with E-state index in [2.05, 4.69) is 19.9 Å². The standard InChI is InChI=1S/C14H18N4O2S/c1-10-8-17-12(18-9-10)14(3,4)11(2)21(19,20)13-15-6-5-7-16-13/h5-9,11H,1-4H3. The predicted octanol–water partition coefficient (Wildman–Crippen LogP) is 1.72. The van der Waals surface area contributed by atoms with Gasteiger partial charge in [0.2, 0.25) is 15.0 Å². The molecule has 1 unspecified atom stereocenters. The normalized spacial score (nSPS) is 13.9. The summed E-state index contributed by atoms with van der Waals surface area (Å²) >= 11 is 0. The van der Waals surface area contributed by atoms with Gasteiger partial charge in [0.25, 0.3) is 0 Å². The second kappa shape index (κ2) is 5.48. The maximum Gasteiger partial charge on any atom is 0.247 e. The monoisotopic (exact) mass is 306 g/mol. The SMILES string of the molecule is Cc1cnc(C(C)(C)C(C)S(=O)(=O)c2ncccn2)nc1. The van der Waals surface area contributed by atoms with Gasteiger partial charge in [-0.25, -0.2) is 28.4 Å². The third-order valence-electron chi connectivity index (χ3n) is 3.64. The molecular weight excluding hydrogens is 288 g/mol. The summed E-state index contributed by atoms with van der Waals surface area (Å²) in [5, 5.41) is -0.923. The van der Waals surface area contributed by atoms with Crippen molar-refractivity contribution in [3.8, 4) is 0 Å². The Hall–Kier alpha value is -1.89. The molecule has 0 bridgehead atoms. The van der Waals surface area contributed by atoms with Crippen molar-refractivity contribution >= 4 is 9.84 Å². The van der Waals surface area contributed by atoms with Crippen molar-refractivity contribution in [1.82, 2.24) is 19.9 Å². The van der Waals surface area contributed by atoms with Crippen LogP contribution in [0.1, 0.15) is 32.2 Å². The Morgan fingerprint density at radius 1 is 1.05 bits per heavy atom. The number of hydrogen-bond acceptors (Lipinski definition) is 6. The average Bonchev–Trinajstić information content (AvgIpc) is 2.47. The van der Waals surface area contributed by atoms with Gasteiger partial charge < -0.3 is 0 Å². The van der Waals surface area contributed by atoms with E-state index in [0.29, 0.717) is 5.82 Å². The van der Waals surface area contributed by atoms with Crippen LogP contribution < -0.4 is 0 Å². The first-order valence-corrected chi connectivity index (χ1v) is 8.11. The molecule has 112 valence electrons. The molecule has 0 aliphatic rings. The Balaban J connectivity index is 2.42. The highest BCUT2D eigenvalue weighted by molar-refractivity contribution is 7.91. The van der Waals surface area contributed by atoms with Crippen LogP contribution in [0.25, 0.3) is 0 Å². The second-order valence-electron chi connectivity index (χ2n) is 5.52. The molecule has 21 heavy (non-hydrogen) atoms. The van der Waals surface area contributed by atoms with Crippen LogP contribution in [0, 0.1) is 6.92 Å². The Morgan fingerprint density at radius 2 is 1.57 bits per heavy atom. The molecule has 0 amide bonds. The van der Waals surface area contributed by atoms with E-state index in [1.807, 2.05) is 20.8 Å². The van der Waals surface area contributed by atoms with Gasteiger partial charge in [0.15, 0.2) is 0 Å². The van der Waals surface area contributed by atoms with E-state index in [4.69, 9.17) is 0 Å². The maximum absolute atomic E-state index is 12.6. The van der Waals surface area contributed by atoms with E-state index < -0.39 is 20.5 Å². The second-order valence-corrected chi connectivity index (χ2v) is 7.69. The van der Waals surface area contributed by atoms with Crippen LogP contribution in [-0.4, -0.2) is 33.6 Å². The van der Waals surface area contributed by atoms with Crippen LogP contribution in [0.4, 0.5) is 0 Å². The Kier molecular flexibility index (Phi) is 4.04. The van der Waals surface area contributed by atoms with Crippen LogP contribution in [0.2, 0.25) is 0 Å².